The molecular weight excluding hydrogens is 414 g/mol. The summed E-state index contributed by atoms with van der Waals surface area (Å²) in [6.07, 6.45) is 4.28. The zero-order valence-corrected chi connectivity index (χ0v) is 18.3. The van der Waals surface area contributed by atoms with Gasteiger partial charge >= 0.3 is 0 Å². The van der Waals surface area contributed by atoms with E-state index in [2.05, 4.69) is 21.7 Å². The van der Waals surface area contributed by atoms with Gasteiger partial charge in [-0.3, -0.25) is 9.59 Å². The quantitative estimate of drug-likeness (QED) is 0.358. The van der Waals surface area contributed by atoms with Gasteiger partial charge in [0.1, 0.15) is 11.4 Å². The topological polar surface area (TPSA) is 83.2 Å². The molecule has 1 heterocycles. The summed E-state index contributed by atoms with van der Waals surface area (Å²) in [5.41, 5.74) is 3.61. The number of rotatable bonds is 8. The zero-order chi connectivity index (χ0) is 23.0. The second-order valence-electron chi connectivity index (χ2n) is 7.52. The van der Waals surface area contributed by atoms with Crippen molar-refractivity contribution in [3.05, 3.63) is 107 Å². The predicted molar refractivity (Wildman–Crippen MR) is 130 cm³/mol. The lowest BCUT2D eigenvalue weighted by Crippen LogP contribution is -2.35. The van der Waals surface area contributed by atoms with Crippen molar-refractivity contribution in [1.82, 2.24) is 15.6 Å². The molecule has 0 bridgehead atoms. The normalized spacial score (nSPS) is 11.2. The van der Waals surface area contributed by atoms with Gasteiger partial charge in [-0.15, -0.1) is 0 Å². The first-order valence-electron chi connectivity index (χ1n) is 10.7. The van der Waals surface area contributed by atoms with Gasteiger partial charge in [-0.05, 0) is 54.0 Å². The standard InChI is InChI=1S/C27H25N3O3/c1-33-22-13-11-19(12-14-22)17-25(30-26(31)20-7-3-2-4-8-20)27(32)28-16-15-21-18-29-24-10-6-5-9-23(21)24/h2-14,17-18,29H,15-16H2,1H3,(H,28,32)(H,30,31)/b25-17-. The van der Waals surface area contributed by atoms with E-state index in [4.69, 9.17) is 4.74 Å². The Balaban J connectivity index is 1.49. The Morgan fingerprint density at radius 2 is 1.67 bits per heavy atom. The molecule has 0 aliphatic rings. The summed E-state index contributed by atoms with van der Waals surface area (Å²) in [5.74, 6) is 0.0160. The van der Waals surface area contributed by atoms with Crippen molar-refractivity contribution in [2.24, 2.45) is 0 Å². The van der Waals surface area contributed by atoms with E-state index in [1.807, 2.05) is 42.6 Å². The highest BCUT2D eigenvalue weighted by atomic mass is 16.5. The minimum absolute atomic E-state index is 0.174. The lowest BCUT2D eigenvalue weighted by Gasteiger charge is -2.11. The fourth-order valence-electron chi connectivity index (χ4n) is 3.55. The Kier molecular flexibility index (Phi) is 6.85. The number of benzene rings is 3. The summed E-state index contributed by atoms with van der Waals surface area (Å²) >= 11 is 0. The second kappa shape index (κ2) is 10.3. The summed E-state index contributed by atoms with van der Waals surface area (Å²) in [4.78, 5) is 28.9. The maximum atomic E-state index is 13.0. The summed E-state index contributed by atoms with van der Waals surface area (Å²) < 4.78 is 5.19. The number of hydrogen-bond acceptors (Lipinski definition) is 3. The van der Waals surface area contributed by atoms with Gasteiger partial charge in [-0.1, -0.05) is 48.5 Å². The Morgan fingerprint density at radius 3 is 2.42 bits per heavy atom. The lowest BCUT2D eigenvalue weighted by atomic mass is 10.1. The van der Waals surface area contributed by atoms with Crippen LogP contribution in [0, 0.1) is 0 Å². The number of para-hydroxylation sites is 1. The first-order chi connectivity index (χ1) is 16.1. The van der Waals surface area contributed by atoms with Crippen molar-refractivity contribution in [1.29, 1.82) is 0 Å². The molecule has 0 atom stereocenters. The van der Waals surface area contributed by atoms with Crippen molar-refractivity contribution in [2.45, 2.75) is 6.42 Å². The summed E-state index contributed by atoms with van der Waals surface area (Å²) in [7, 11) is 1.59. The van der Waals surface area contributed by atoms with E-state index >= 15 is 0 Å². The van der Waals surface area contributed by atoms with Crippen LogP contribution >= 0.6 is 0 Å². The third kappa shape index (κ3) is 5.49. The maximum absolute atomic E-state index is 13.0. The number of ether oxygens (including phenoxy) is 1. The average molecular weight is 440 g/mol. The molecule has 4 aromatic rings. The van der Waals surface area contributed by atoms with Crippen LogP contribution in [-0.4, -0.2) is 30.5 Å². The van der Waals surface area contributed by atoms with E-state index in [1.165, 1.54) is 0 Å². The summed E-state index contributed by atoms with van der Waals surface area (Å²) in [6.45, 7) is 0.432. The number of methoxy groups -OCH3 is 1. The Bertz CT molecular complexity index is 1270. The maximum Gasteiger partial charge on any atom is 0.267 e. The molecule has 0 fully saturated rings. The van der Waals surface area contributed by atoms with Crippen LogP contribution in [0.15, 0.2) is 90.8 Å². The molecule has 0 spiro atoms. The van der Waals surface area contributed by atoms with Crippen LogP contribution in [-0.2, 0) is 11.2 Å². The van der Waals surface area contributed by atoms with Crippen LogP contribution in [0.25, 0.3) is 17.0 Å². The number of nitrogens with one attached hydrogen (secondary N) is 3. The van der Waals surface area contributed by atoms with E-state index in [-0.39, 0.29) is 17.5 Å². The molecule has 0 unspecified atom stereocenters. The van der Waals surface area contributed by atoms with Crippen molar-refractivity contribution in [2.75, 3.05) is 13.7 Å². The molecule has 3 N–H and O–H groups in total. The molecule has 0 aliphatic carbocycles. The molecule has 2 amide bonds. The van der Waals surface area contributed by atoms with Crippen molar-refractivity contribution >= 4 is 28.8 Å². The highest BCUT2D eigenvalue weighted by Crippen LogP contribution is 2.18. The number of aromatic amines is 1. The van der Waals surface area contributed by atoms with Crippen LogP contribution in [0.3, 0.4) is 0 Å². The van der Waals surface area contributed by atoms with Gasteiger partial charge in [0.15, 0.2) is 0 Å². The van der Waals surface area contributed by atoms with E-state index < -0.39 is 0 Å². The molecule has 3 aromatic carbocycles. The van der Waals surface area contributed by atoms with Gasteiger partial charge in [0.25, 0.3) is 11.8 Å². The zero-order valence-electron chi connectivity index (χ0n) is 18.3. The van der Waals surface area contributed by atoms with Crippen molar-refractivity contribution in [3.63, 3.8) is 0 Å². The second-order valence-corrected chi connectivity index (χ2v) is 7.52. The third-order valence-electron chi connectivity index (χ3n) is 5.31. The Labute approximate surface area is 192 Å². The smallest absolute Gasteiger partial charge is 0.267 e. The number of aromatic nitrogens is 1. The molecule has 0 aliphatic heterocycles. The highest BCUT2D eigenvalue weighted by molar-refractivity contribution is 6.05. The van der Waals surface area contributed by atoms with Gasteiger partial charge in [0, 0.05) is 29.2 Å². The van der Waals surface area contributed by atoms with E-state index in [0.29, 0.717) is 24.3 Å². The molecule has 0 radical (unpaired) electrons. The molecule has 4 rings (SSSR count). The lowest BCUT2D eigenvalue weighted by molar-refractivity contribution is -0.117. The van der Waals surface area contributed by atoms with Crippen molar-refractivity contribution in [3.8, 4) is 5.75 Å². The fourth-order valence-corrected chi connectivity index (χ4v) is 3.55. The molecule has 6 nitrogen and oxygen atoms in total. The van der Waals surface area contributed by atoms with Crippen molar-refractivity contribution < 1.29 is 14.3 Å². The Hall–Kier alpha value is -4.32. The largest absolute Gasteiger partial charge is 0.497 e. The van der Waals surface area contributed by atoms with Crippen LogP contribution in [0.5, 0.6) is 5.75 Å². The van der Waals surface area contributed by atoms with E-state index in [0.717, 1.165) is 22.0 Å². The van der Waals surface area contributed by atoms with E-state index in [1.54, 1.807) is 49.6 Å². The van der Waals surface area contributed by atoms with Crippen LogP contribution in [0.1, 0.15) is 21.5 Å². The number of fused-ring (bicyclic) bond motifs is 1. The van der Waals surface area contributed by atoms with Gasteiger partial charge in [0.2, 0.25) is 0 Å². The minimum Gasteiger partial charge on any atom is -0.497 e. The van der Waals surface area contributed by atoms with Gasteiger partial charge in [-0.25, -0.2) is 0 Å². The fraction of sp³-hybridized carbons (Fsp3) is 0.111. The van der Waals surface area contributed by atoms with Gasteiger partial charge in [0.05, 0.1) is 7.11 Å². The minimum atomic E-state index is -0.352. The monoisotopic (exact) mass is 439 g/mol. The van der Waals surface area contributed by atoms with Gasteiger partial charge < -0.3 is 20.4 Å². The molecule has 33 heavy (non-hydrogen) atoms. The van der Waals surface area contributed by atoms with Gasteiger partial charge in [-0.2, -0.15) is 0 Å². The summed E-state index contributed by atoms with van der Waals surface area (Å²) in [5, 5.41) is 6.82. The molecule has 1 aromatic heterocycles. The SMILES string of the molecule is COc1ccc(/C=C(\NC(=O)c2ccccc2)C(=O)NCCc2c[nH]c3ccccc23)cc1. The first kappa shape index (κ1) is 21.9. The number of carbonyl (C=O) groups excluding carboxylic acids is 2. The van der Waals surface area contributed by atoms with Crippen LogP contribution in [0.2, 0.25) is 0 Å². The third-order valence-corrected chi connectivity index (χ3v) is 5.31. The molecule has 0 saturated heterocycles. The number of hydrogen-bond donors (Lipinski definition) is 3. The highest BCUT2D eigenvalue weighted by Gasteiger charge is 2.15. The first-order valence-corrected chi connectivity index (χ1v) is 10.7. The Morgan fingerprint density at radius 1 is 0.939 bits per heavy atom. The summed E-state index contributed by atoms with van der Waals surface area (Å²) in [6, 6.07) is 24.1. The van der Waals surface area contributed by atoms with E-state index in [9.17, 15) is 9.59 Å². The molecule has 6 heteroatoms. The van der Waals surface area contributed by atoms with Crippen LogP contribution in [0.4, 0.5) is 0 Å². The number of amides is 2. The predicted octanol–water partition coefficient (Wildman–Crippen LogP) is 4.31. The number of carbonyl (C=O) groups is 2. The average Bonchev–Trinajstić information content (AvgIpc) is 3.27. The molecular formula is C27H25N3O3. The van der Waals surface area contributed by atoms with Crippen LogP contribution < -0.4 is 15.4 Å². The molecule has 0 saturated carbocycles. The molecule has 166 valence electrons. The number of H-pyrrole nitrogens is 1.